The van der Waals surface area contributed by atoms with E-state index in [0.717, 1.165) is 0 Å². The average Bonchev–Trinajstić information content (AvgIpc) is 2.71. The molecule has 1 unspecified atom stereocenters. The highest BCUT2D eigenvalue weighted by molar-refractivity contribution is 7.71. The Balaban J connectivity index is 0.00000144. The third kappa shape index (κ3) is 2.81. The number of aliphatic hydroxyl groups excluding tert-OH is 2. The third-order valence-corrected chi connectivity index (χ3v) is 2.62. The van der Waals surface area contributed by atoms with E-state index in [1.54, 1.807) is 4.57 Å². The summed E-state index contributed by atoms with van der Waals surface area (Å²) in [5.74, 6) is 0. The number of aromatic nitrogens is 4. The van der Waals surface area contributed by atoms with E-state index in [4.69, 9.17) is 17.3 Å². The predicted octanol–water partition coefficient (Wildman–Crippen LogP) is 1.17. The van der Waals surface area contributed by atoms with Crippen LogP contribution in [0.1, 0.15) is 19.1 Å². The van der Waals surface area contributed by atoms with Crippen molar-refractivity contribution in [2.45, 2.75) is 19.1 Å². The Kier molecular flexibility index (Phi) is 5.01. The second-order valence-electron chi connectivity index (χ2n) is 3.40. The minimum atomic E-state index is -0.717. The van der Waals surface area contributed by atoms with Crippen molar-refractivity contribution in [3.63, 3.8) is 0 Å². The van der Waals surface area contributed by atoms with Crippen molar-refractivity contribution >= 4 is 35.8 Å². The quantitative estimate of drug-likeness (QED) is 0.730. The molecule has 0 saturated heterocycles. The van der Waals surface area contributed by atoms with E-state index >= 15 is 0 Å². The maximum Gasteiger partial charge on any atom is 0.157 e. The topological polar surface area (TPSA) is 87.0 Å². The van der Waals surface area contributed by atoms with Crippen molar-refractivity contribution in [3.8, 4) is 0 Å². The van der Waals surface area contributed by atoms with Crippen LogP contribution >= 0.6 is 24.6 Å². The van der Waals surface area contributed by atoms with Crippen molar-refractivity contribution in [2.75, 3.05) is 6.61 Å². The molecule has 6 nitrogen and oxygen atoms in total. The molecule has 2 heterocycles. The zero-order valence-electron chi connectivity index (χ0n) is 8.91. The molecule has 1 atom stereocenters. The van der Waals surface area contributed by atoms with Crippen molar-refractivity contribution in [2.24, 2.45) is 0 Å². The summed E-state index contributed by atoms with van der Waals surface area (Å²) in [6.45, 7) is 0.0568. The number of hydrogen-bond donors (Lipinski definition) is 3. The standard InChI is InChI=1S/C9H12N4O2S.ClH/c14-3-1-2-6(15)13-5-12-7-8(13)10-4-11-9(7)16;/h4-6,14-15H,1-3H2,(H,10,11,16);1H. The largest absolute Gasteiger partial charge is 0.396 e. The summed E-state index contributed by atoms with van der Waals surface area (Å²) in [6, 6.07) is 0. The van der Waals surface area contributed by atoms with E-state index in [1.807, 2.05) is 0 Å². The van der Waals surface area contributed by atoms with Gasteiger partial charge >= 0.3 is 0 Å². The van der Waals surface area contributed by atoms with Gasteiger partial charge in [-0.2, -0.15) is 0 Å². The van der Waals surface area contributed by atoms with Gasteiger partial charge in [0, 0.05) is 6.61 Å². The summed E-state index contributed by atoms with van der Waals surface area (Å²) in [6.07, 6.45) is 3.27. The Morgan fingerprint density at radius 1 is 1.47 bits per heavy atom. The summed E-state index contributed by atoms with van der Waals surface area (Å²) in [4.78, 5) is 10.9. The molecular formula is C9H13ClN4O2S. The number of rotatable bonds is 4. The zero-order valence-corrected chi connectivity index (χ0v) is 10.5. The molecule has 0 bridgehead atoms. The fourth-order valence-corrected chi connectivity index (χ4v) is 1.71. The van der Waals surface area contributed by atoms with E-state index < -0.39 is 6.23 Å². The molecule has 17 heavy (non-hydrogen) atoms. The Bertz CT molecular complexity index is 541. The van der Waals surface area contributed by atoms with Gasteiger partial charge in [0.1, 0.15) is 17.4 Å². The van der Waals surface area contributed by atoms with Crippen LogP contribution in [0.25, 0.3) is 11.2 Å². The van der Waals surface area contributed by atoms with Crippen LogP contribution in [0.2, 0.25) is 0 Å². The van der Waals surface area contributed by atoms with Gasteiger partial charge in [-0.05, 0) is 12.8 Å². The molecule has 0 aliphatic carbocycles. The SMILES string of the molecule is Cl.OCCCC(O)n1cnc2c(=S)nc[nH]c21. The first-order valence-corrected chi connectivity index (χ1v) is 5.34. The number of H-pyrrole nitrogens is 1. The number of aromatic amines is 1. The fraction of sp³-hybridized carbons (Fsp3) is 0.444. The van der Waals surface area contributed by atoms with E-state index in [9.17, 15) is 5.11 Å². The summed E-state index contributed by atoms with van der Waals surface area (Å²) in [5.41, 5.74) is 1.21. The van der Waals surface area contributed by atoms with E-state index in [1.165, 1.54) is 12.7 Å². The molecule has 3 N–H and O–H groups in total. The molecule has 0 saturated carbocycles. The molecule has 0 aliphatic heterocycles. The van der Waals surface area contributed by atoms with Crippen molar-refractivity contribution < 1.29 is 10.2 Å². The maximum atomic E-state index is 9.87. The van der Waals surface area contributed by atoms with Gasteiger partial charge in [-0.15, -0.1) is 12.4 Å². The first-order valence-electron chi connectivity index (χ1n) is 4.93. The predicted molar refractivity (Wildman–Crippen MR) is 67.5 cm³/mol. The summed E-state index contributed by atoms with van der Waals surface area (Å²) < 4.78 is 1.99. The van der Waals surface area contributed by atoms with Crippen molar-refractivity contribution in [1.29, 1.82) is 0 Å². The lowest BCUT2D eigenvalue weighted by Gasteiger charge is -2.11. The van der Waals surface area contributed by atoms with Gasteiger partial charge in [0.15, 0.2) is 4.64 Å². The van der Waals surface area contributed by atoms with Gasteiger partial charge in [0.2, 0.25) is 0 Å². The Morgan fingerprint density at radius 3 is 2.94 bits per heavy atom. The Morgan fingerprint density at radius 2 is 2.24 bits per heavy atom. The average molecular weight is 277 g/mol. The van der Waals surface area contributed by atoms with Crippen molar-refractivity contribution in [3.05, 3.63) is 17.3 Å². The minimum absolute atomic E-state index is 0. The molecule has 0 fully saturated rings. The molecular weight excluding hydrogens is 264 g/mol. The third-order valence-electron chi connectivity index (χ3n) is 2.32. The Labute approximate surface area is 109 Å². The molecule has 94 valence electrons. The van der Waals surface area contributed by atoms with Crippen LogP contribution in [0.15, 0.2) is 12.7 Å². The first-order chi connectivity index (χ1) is 7.74. The lowest BCUT2D eigenvalue weighted by atomic mass is 10.3. The van der Waals surface area contributed by atoms with E-state index in [0.29, 0.717) is 28.6 Å². The van der Waals surface area contributed by atoms with Gasteiger partial charge in [0.05, 0.1) is 12.7 Å². The van der Waals surface area contributed by atoms with Crippen LogP contribution in [0.3, 0.4) is 0 Å². The highest BCUT2D eigenvalue weighted by atomic mass is 35.5. The highest BCUT2D eigenvalue weighted by Crippen LogP contribution is 2.17. The van der Waals surface area contributed by atoms with E-state index in [2.05, 4.69) is 15.0 Å². The smallest absolute Gasteiger partial charge is 0.157 e. The first kappa shape index (κ1) is 14.0. The minimum Gasteiger partial charge on any atom is -0.396 e. The Hall–Kier alpha value is -1.02. The molecule has 2 aromatic rings. The van der Waals surface area contributed by atoms with Crippen LogP contribution in [0.5, 0.6) is 0 Å². The lowest BCUT2D eigenvalue weighted by Crippen LogP contribution is -2.08. The van der Waals surface area contributed by atoms with Crippen LogP contribution in [0, 0.1) is 4.64 Å². The molecule has 0 amide bonds. The zero-order chi connectivity index (χ0) is 11.5. The van der Waals surface area contributed by atoms with Gasteiger partial charge in [-0.1, -0.05) is 12.2 Å². The van der Waals surface area contributed by atoms with Gasteiger partial charge in [-0.25, -0.2) is 9.97 Å². The van der Waals surface area contributed by atoms with Gasteiger partial charge < -0.3 is 15.2 Å². The molecule has 2 rings (SSSR count). The van der Waals surface area contributed by atoms with Crippen LogP contribution in [-0.4, -0.2) is 36.3 Å². The number of hydrogen-bond acceptors (Lipinski definition) is 5. The van der Waals surface area contributed by atoms with Crippen molar-refractivity contribution in [1.82, 2.24) is 19.5 Å². The van der Waals surface area contributed by atoms with Crippen LogP contribution in [-0.2, 0) is 0 Å². The second-order valence-corrected chi connectivity index (χ2v) is 3.79. The molecule has 0 aliphatic rings. The highest BCUT2D eigenvalue weighted by Gasteiger charge is 2.11. The number of aliphatic hydroxyl groups is 2. The van der Waals surface area contributed by atoms with Crippen LogP contribution < -0.4 is 0 Å². The number of nitrogens with one attached hydrogen (secondary N) is 1. The van der Waals surface area contributed by atoms with Gasteiger partial charge in [0.25, 0.3) is 0 Å². The number of nitrogens with zero attached hydrogens (tertiary/aromatic N) is 3. The monoisotopic (exact) mass is 276 g/mol. The number of imidazole rings is 1. The lowest BCUT2D eigenvalue weighted by molar-refractivity contribution is 0.0885. The van der Waals surface area contributed by atoms with E-state index in [-0.39, 0.29) is 19.0 Å². The summed E-state index contributed by atoms with van der Waals surface area (Å²) in [5, 5.41) is 18.6. The van der Waals surface area contributed by atoms with Crippen LogP contribution in [0.4, 0.5) is 0 Å². The maximum absolute atomic E-state index is 9.87. The second kappa shape index (κ2) is 6.06. The molecule has 2 aromatic heterocycles. The van der Waals surface area contributed by atoms with Gasteiger partial charge in [-0.3, -0.25) is 4.57 Å². The normalized spacial score (nSPS) is 12.4. The fourth-order valence-electron chi connectivity index (χ4n) is 1.51. The summed E-state index contributed by atoms with van der Waals surface area (Å²) in [7, 11) is 0. The molecule has 0 aromatic carbocycles. The molecule has 8 heteroatoms. The molecule has 0 spiro atoms. The summed E-state index contributed by atoms with van der Waals surface area (Å²) >= 11 is 5.01. The molecule has 0 radical (unpaired) electrons. The number of fused-ring (bicyclic) bond motifs is 1. The number of halogens is 1.